The highest BCUT2D eigenvalue weighted by molar-refractivity contribution is 6.08. The van der Waals surface area contributed by atoms with Crippen molar-refractivity contribution in [1.29, 1.82) is 0 Å². The second-order valence-corrected chi connectivity index (χ2v) is 10.1. The number of nitrogens with zero attached hydrogens (tertiary/aromatic N) is 3. The minimum Gasteiger partial charge on any atom is -0.508 e. The van der Waals surface area contributed by atoms with Gasteiger partial charge in [0.05, 0.1) is 7.11 Å². The Morgan fingerprint density at radius 1 is 1.11 bits per heavy atom. The minimum atomic E-state index is -0.983. The summed E-state index contributed by atoms with van der Waals surface area (Å²) in [5, 5.41) is 11.3. The summed E-state index contributed by atoms with van der Waals surface area (Å²) in [5.41, 5.74) is 2.64. The van der Waals surface area contributed by atoms with Gasteiger partial charge in [0.1, 0.15) is 23.1 Å². The van der Waals surface area contributed by atoms with Gasteiger partial charge in [-0.1, -0.05) is 19.1 Å². The van der Waals surface area contributed by atoms with Gasteiger partial charge in [-0.15, -0.1) is 0 Å². The molecule has 2 atom stereocenters. The minimum absolute atomic E-state index is 0.123. The van der Waals surface area contributed by atoms with Crippen LogP contribution in [0.25, 0.3) is 10.9 Å². The number of fused-ring (bicyclic) bond motifs is 4. The van der Waals surface area contributed by atoms with Crippen LogP contribution in [0.4, 0.5) is 4.79 Å². The number of urea groups is 1. The Bertz CT molecular complexity index is 1340. The first-order chi connectivity index (χ1) is 17.5. The predicted molar refractivity (Wildman–Crippen MR) is 136 cm³/mol. The molecular weight excluding hydrogens is 456 g/mol. The number of carbonyl (C=O) groups is 2. The molecule has 0 aliphatic carbocycles. The van der Waals surface area contributed by atoms with Crippen LogP contribution in [0.3, 0.4) is 0 Å². The highest BCUT2D eigenvalue weighted by atomic mass is 16.5. The van der Waals surface area contributed by atoms with Gasteiger partial charge in [0, 0.05) is 36.1 Å². The van der Waals surface area contributed by atoms with Crippen molar-refractivity contribution in [3.05, 3.63) is 59.3 Å². The van der Waals surface area contributed by atoms with Crippen molar-refractivity contribution in [3.63, 3.8) is 0 Å². The van der Waals surface area contributed by atoms with E-state index in [1.807, 2.05) is 31.2 Å². The van der Waals surface area contributed by atoms with Crippen molar-refractivity contribution in [2.45, 2.75) is 44.2 Å². The Balaban J connectivity index is 1.50. The van der Waals surface area contributed by atoms with E-state index in [1.54, 1.807) is 30.2 Å². The van der Waals surface area contributed by atoms with E-state index in [9.17, 15) is 14.7 Å². The Hall–Kier alpha value is -3.52. The number of aromatic amines is 1. The molecule has 36 heavy (non-hydrogen) atoms. The van der Waals surface area contributed by atoms with Gasteiger partial charge >= 0.3 is 6.03 Å². The molecule has 0 saturated carbocycles. The van der Waals surface area contributed by atoms with Crippen molar-refractivity contribution in [2.75, 3.05) is 33.3 Å². The molecule has 1 aromatic heterocycles. The van der Waals surface area contributed by atoms with Gasteiger partial charge in [0.25, 0.3) is 5.91 Å². The van der Waals surface area contributed by atoms with Gasteiger partial charge in [-0.3, -0.25) is 14.6 Å². The standard InChI is InChI=1S/C28H32N4O4/c1-3-28-17-22-21-16-20(36-2)9-10-23(21)29-24(22)25(18-7-6-8-19(33)15-18)32(28)27(35)31(26(28)34)14-13-30-11-4-5-12-30/h6-10,15-16,25,29,33H,3-5,11-14,17H2,1-2H3. The van der Waals surface area contributed by atoms with Gasteiger partial charge in [-0.25, -0.2) is 4.79 Å². The number of rotatable bonds is 6. The van der Waals surface area contributed by atoms with Crippen LogP contribution in [0.2, 0.25) is 0 Å². The van der Waals surface area contributed by atoms with E-state index < -0.39 is 11.6 Å². The molecular formula is C28H32N4O4. The summed E-state index contributed by atoms with van der Waals surface area (Å²) in [5.74, 6) is 0.748. The number of carbonyl (C=O) groups excluding carboxylic acids is 2. The summed E-state index contributed by atoms with van der Waals surface area (Å²) in [7, 11) is 1.64. The van der Waals surface area contributed by atoms with Crippen LogP contribution in [0.1, 0.15) is 49.0 Å². The first-order valence-corrected chi connectivity index (χ1v) is 12.8. The van der Waals surface area contributed by atoms with E-state index in [1.165, 1.54) is 4.90 Å². The van der Waals surface area contributed by atoms with Crippen molar-refractivity contribution in [3.8, 4) is 11.5 Å². The smallest absolute Gasteiger partial charge is 0.328 e. The highest BCUT2D eigenvalue weighted by Gasteiger charge is 2.61. The van der Waals surface area contributed by atoms with E-state index in [4.69, 9.17) is 4.74 Å². The van der Waals surface area contributed by atoms with Crippen LogP contribution in [0.15, 0.2) is 42.5 Å². The summed E-state index contributed by atoms with van der Waals surface area (Å²) in [6.45, 7) is 5.12. The number of ether oxygens (including phenoxy) is 1. The number of nitrogens with one attached hydrogen (secondary N) is 1. The fraction of sp³-hybridized carbons (Fsp3) is 0.429. The normalized spacial score (nSPS) is 24.0. The quantitative estimate of drug-likeness (QED) is 0.512. The maximum Gasteiger partial charge on any atom is 0.328 e. The maximum atomic E-state index is 14.1. The molecule has 3 aromatic rings. The van der Waals surface area contributed by atoms with Crippen LogP contribution in [-0.2, 0) is 11.2 Å². The number of hydrogen-bond acceptors (Lipinski definition) is 5. The highest BCUT2D eigenvalue weighted by Crippen LogP contribution is 2.50. The molecule has 0 radical (unpaired) electrons. The maximum absolute atomic E-state index is 14.1. The van der Waals surface area contributed by atoms with Gasteiger partial charge in [0.2, 0.25) is 0 Å². The van der Waals surface area contributed by atoms with Gasteiger partial charge in [0.15, 0.2) is 0 Å². The largest absolute Gasteiger partial charge is 0.508 e. The Kier molecular flexibility index (Phi) is 5.44. The number of imide groups is 1. The summed E-state index contributed by atoms with van der Waals surface area (Å²) in [6.07, 6.45) is 3.27. The topological polar surface area (TPSA) is 89.1 Å². The molecule has 0 bridgehead atoms. The molecule has 2 saturated heterocycles. The number of aromatic hydroxyl groups is 1. The molecule has 2 aromatic carbocycles. The van der Waals surface area contributed by atoms with Crippen molar-refractivity contribution in [1.82, 2.24) is 19.7 Å². The lowest BCUT2D eigenvalue weighted by molar-refractivity contribution is -0.134. The third-order valence-corrected chi connectivity index (χ3v) is 8.30. The van der Waals surface area contributed by atoms with Crippen molar-refractivity contribution in [2.24, 2.45) is 0 Å². The van der Waals surface area contributed by atoms with E-state index in [2.05, 4.69) is 9.88 Å². The fourth-order valence-electron chi connectivity index (χ4n) is 6.39. The Labute approximate surface area is 210 Å². The van der Waals surface area contributed by atoms with Crippen LogP contribution >= 0.6 is 0 Å². The zero-order valence-electron chi connectivity index (χ0n) is 20.8. The average Bonchev–Trinajstić information content (AvgIpc) is 3.58. The molecule has 3 aliphatic rings. The first-order valence-electron chi connectivity index (χ1n) is 12.8. The molecule has 0 spiro atoms. The summed E-state index contributed by atoms with van der Waals surface area (Å²) in [6, 6.07) is 12.1. The molecule has 188 valence electrons. The molecule has 8 nitrogen and oxygen atoms in total. The number of methoxy groups -OCH3 is 1. The summed E-state index contributed by atoms with van der Waals surface area (Å²) < 4.78 is 5.49. The molecule has 2 N–H and O–H groups in total. The third kappa shape index (κ3) is 3.31. The number of benzene rings is 2. The van der Waals surface area contributed by atoms with Gasteiger partial charge in [-0.2, -0.15) is 0 Å². The zero-order valence-corrected chi connectivity index (χ0v) is 20.8. The Morgan fingerprint density at radius 3 is 2.64 bits per heavy atom. The summed E-state index contributed by atoms with van der Waals surface area (Å²) >= 11 is 0. The van der Waals surface area contributed by atoms with Gasteiger partial charge < -0.3 is 19.7 Å². The van der Waals surface area contributed by atoms with Gasteiger partial charge in [-0.05, 0) is 73.8 Å². The molecule has 3 amide bonds. The average molecular weight is 489 g/mol. The molecule has 2 fully saturated rings. The number of amides is 3. The monoisotopic (exact) mass is 488 g/mol. The molecule has 3 aliphatic heterocycles. The zero-order chi connectivity index (χ0) is 25.0. The van der Waals surface area contributed by atoms with Crippen LogP contribution in [-0.4, -0.2) is 75.6 Å². The van der Waals surface area contributed by atoms with Crippen LogP contribution in [0.5, 0.6) is 11.5 Å². The van der Waals surface area contributed by atoms with E-state index in [0.717, 1.165) is 59.4 Å². The number of likely N-dealkylation sites (tertiary alicyclic amines) is 1. The van der Waals surface area contributed by atoms with Crippen molar-refractivity contribution < 1.29 is 19.4 Å². The van der Waals surface area contributed by atoms with Crippen LogP contribution in [0, 0.1) is 0 Å². The number of aromatic nitrogens is 1. The summed E-state index contributed by atoms with van der Waals surface area (Å²) in [4.78, 5) is 37.3. The second kappa shape index (κ2) is 8.55. The first kappa shape index (κ1) is 22.9. The van der Waals surface area contributed by atoms with E-state index in [-0.39, 0.29) is 17.7 Å². The molecule has 8 heteroatoms. The third-order valence-electron chi connectivity index (χ3n) is 8.30. The molecule has 4 heterocycles. The lowest BCUT2D eigenvalue weighted by Crippen LogP contribution is -2.55. The fourth-order valence-corrected chi connectivity index (χ4v) is 6.39. The Morgan fingerprint density at radius 2 is 1.92 bits per heavy atom. The lowest BCUT2D eigenvalue weighted by Gasteiger charge is -2.44. The predicted octanol–water partition coefficient (Wildman–Crippen LogP) is 4.04. The molecule has 2 unspecified atom stereocenters. The second-order valence-electron chi connectivity index (χ2n) is 10.1. The van der Waals surface area contributed by atoms with Crippen molar-refractivity contribution >= 4 is 22.8 Å². The SMILES string of the molecule is CCC12Cc3c([nH]c4ccc(OC)cc34)C(c3cccc(O)c3)N1C(=O)N(CCN1CCCC1)C2=O. The number of phenols is 1. The number of H-pyrrole nitrogens is 1. The number of phenolic OH excluding ortho intramolecular Hbond substituents is 1. The number of hydrogen-bond donors (Lipinski definition) is 2. The van der Waals surface area contributed by atoms with E-state index in [0.29, 0.717) is 25.9 Å². The lowest BCUT2D eigenvalue weighted by atomic mass is 9.78. The van der Waals surface area contributed by atoms with Crippen LogP contribution < -0.4 is 4.74 Å². The molecule has 6 rings (SSSR count). The van der Waals surface area contributed by atoms with E-state index >= 15 is 0 Å².